The van der Waals surface area contributed by atoms with E-state index in [0.29, 0.717) is 37.4 Å². The highest BCUT2D eigenvalue weighted by Gasteiger charge is 2.26. The Morgan fingerprint density at radius 1 is 1.35 bits per heavy atom. The SMILES string of the molecule is C=C(OCC)c1cc2c(cc1F)CCN(C(=O)OC(C)(C)C)C2. The predicted octanol–water partition coefficient (Wildman–Crippen LogP) is 4.13. The molecule has 0 radical (unpaired) electrons. The second-order valence-corrected chi connectivity index (χ2v) is 6.61. The molecule has 1 amide bonds. The maximum atomic E-state index is 14.2. The Hall–Kier alpha value is -2.04. The topological polar surface area (TPSA) is 38.8 Å². The third kappa shape index (κ3) is 4.24. The van der Waals surface area contributed by atoms with E-state index in [4.69, 9.17) is 9.47 Å². The Balaban J connectivity index is 2.21. The molecule has 1 aliphatic heterocycles. The van der Waals surface area contributed by atoms with E-state index in [0.717, 1.165) is 11.1 Å². The van der Waals surface area contributed by atoms with E-state index in [-0.39, 0.29) is 11.9 Å². The summed E-state index contributed by atoms with van der Waals surface area (Å²) in [6.45, 7) is 12.4. The number of carbonyl (C=O) groups is 1. The van der Waals surface area contributed by atoms with Crippen molar-refractivity contribution in [1.29, 1.82) is 0 Å². The average Bonchev–Trinajstić information content (AvgIpc) is 2.44. The predicted molar refractivity (Wildman–Crippen MR) is 87.4 cm³/mol. The van der Waals surface area contributed by atoms with Crippen LogP contribution in [-0.4, -0.2) is 29.7 Å². The Morgan fingerprint density at radius 3 is 2.65 bits per heavy atom. The summed E-state index contributed by atoms with van der Waals surface area (Å²) < 4.78 is 24.9. The number of fused-ring (bicyclic) bond motifs is 1. The minimum atomic E-state index is -0.533. The fraction of sp³-hybridized carbons (Fsp3) is 0.500. The molecule has 1 aromatic rings. The molecule has 0 bridgehead atoms. The summed E-state index contributed by atoms with van der Waals surface area (Å²) >= 11 is 0. The van der Waals surface area contributed by atoms with Gasteiger partial charge in [0.25, 0.3) is 0 Å². The van der Waals surface area contributed by atoms with Crippen molar-refractivity contribution in [3.05, 3.63) is 41.2 Å². The Morgan fingerprint density at radius 2 is 2.04 bits per heavy atom. The van der Waals surface area contributed by atoms with Crippen LogP contribution in [0.2, 0.25) is 0 Å². The van der Waals surface area contributed by atoms with Gasteiger partial charge in [-0.05, 0) is 57.4 Å². The van der Waals surface area contributed by atoms with E-state index in [1.807, 2.05) is 27.7 Å². The summed E-state index contributed by atoms with van der Waals surface area (Å²) in [5.74, 6) is -0.0323. The van der Waals surface area contributed by atoms with E-state index < -0.39 is 5.60 Å². The van der Waals surface area contributed by atoms with Crippen LogP contribution in [0.25, 0.3) is 5.76 Å². The van der Waals surface area contributed by atoms with Gasteiger partial charge in [-0.2, -0.15) is 0 Å². The van der Waals surface area contributed by atoms with Gasteiger partial charge in [-0.3, -0.25) is 0 Å². The van der Waals surface area contributed by atoms with Crippen LogP contribution in [0.15, 0.2) is 18.7 Å². The molecule has 23 heavy (non-hydrogen) atoms. The molecular weight excluding hydrogens is 297 g/mol. The van der Waals surface area contributed by atoms with Gasteiger partial charge in [-0.25, -0.2) is 9.18 Å². The summed E-state index contributed by atoms with van der Waals surface area (Å²) in [5.41, 5.74) is 1.63. The molecule has 0 atom stereocenters. The van der Waals surface area contributed by atoms with Crippen LogP contribution in [0.4, 0.5) is 9.18 Å². The van der Waals surface area contributed by atoms with Crippen LogP contribution in [0.1, 0.15) is 44.4 Å². The van der Waals surface area contributed by atoms with Crippen LogP contribution in [0.3, 0.4) is 0 Å². The smallest absolute Gasteiger partial charge is 0.410 e. The van der Waals surface area contributed by atoms with Crippen molar-refractivity contribution in [3.63, 3.8) is 0 Å². The van der Waals surface area contributed by atoms with Crippen molar-refractivity contribution in [2.75, 3.05) is 13.2 Å². The van der Waals surface area contributed by atoms with E-state index >= 15 is 0 Å². The first-order valence-corrected chi connectivity index (χ1v) is 7.82. The zero-order chi connectivity index (χ0) is 17.2. The number of hydrogen-bond donors (Lipinski definition) is 0. The van der Waals surface area contributed by atoms with E-state index in [1.54, 1.807) is 11.0 Å². The molecule has 0 spiro atoms. The lowest BCUT2D eigenvalue weighted by Gasteiger charge is -2.31. The van der Waals surface area contributed by atoms with Gasteiger partial charge in [0.1, 0.15) is 17.2 Å². The molecule has 2 rings (SSSR count). The molecule has 0 aromatic heterocycles. The quantitative estimate of drug-likeness (QED) is 0.786. The monoisotopic (exact) mass is 321 g/mol. The first kappa shape index (κ1) is 17.3. The molecule has 5 heteroatoms. The van der Waals surface area contributed by atoms with Crippen molar-refractivity contribution in [2.45, 2.75) is 46.3 Å². The van der Waals surface area contributed by atoms with Gasteiger partial charge in [-0.1, -0.05) is 6.58 Å². The van der Waals surface area contributed by atoms with Gasteiger partial charge in [-0.15, -0.1) is 0 Å². The maximum Gasteiger partial charge on any atom is 0.410 e. The molecule has 0 aliphatic carbocycles. The number of ether oxygens (including phenoxy) is 2. The van der Waals surface area contributed by atoms with Crippen molar-refractivity contribution >= 4 is 11.9 Å². The summed E-state index contributed by atoms with van der Waals surface area (Å²) in [5, 5.41) is 0. The first-order valence-electron chi connectivity index (χ1n) is 7.82. The zero-order valence-electron chi connectivity index (χ0n) is 14.2. The van der Waals surface area contributed by atoms with Gasteiger partial charge in [0.05, 0.1) is 12.2 Å². The number of rotatable bonds is 3. The standard InChI is InChI=1S/C18H24FNO3/c1-6-22-12(2)15-9-14-11-20(17(21)23-18(3,4)5)8-7-13(14)10-16(15)19/h9-10H,2,6-8,11H2,1,3-5H3. The van der Waals surface area contributed by atoms with E-state index in [9.17, 15) is 9.18 Å². The lowest BCUT2D eigenvalue weighted by molar-refractivity contribution is 0.0224. The Kier molecular flexibility index (Phi) is 4.97. The third-order valence-electron chi connectivity index (χ3n) is 3.57. The second-order valence-electron chi connectivity index (χ2n) is 6.61. The molecule has 0 unspecified atom stereocenters. The van der Waals surface area contributed by atoms with Gasteiger partial charge in [0.15, 0.2) is 0 Å². The van der Waals surface area contributed by atoms with Crippen LogP contribution >= 0.6 is 0 Å². The highest BCUT2D eigenvalue weighted by atomic mass is 19.1. The normalized spacial score (nSPS) is 14.2. The summed E-state index contributed by atoms with van der Waals surface area (Å²) in [6.07, 6.45) is 0.255. The summed E-state index contributed by atoms with van der Waals surface area (Å²) in [7, 11) is 0. The van der Waals surface area contributed by atoms with Crippen molar-refractivity contribution in [1.82, 2.24) is 4.90 Å². The van der Waals surface area contributed by atoms with Crippen LogP contribution < -0.4 is 0 Å². The van der Waals surface area contributed by atoms with E-state index in [2.05, 4.69) is 6.58 Å². The van der Waals surface area contributed by atoms with Gasteiger partial charge in [0.2, 0.25) is 0 Å². The minimum Gasteiger partial charge on any atom is -0.494 e. The summed E-state index contributed by atoms with van der Waals surface area (Å²) in [4.78, 5) is 13.8. The van der Waals surface area contributed by atoms with Crippen LogP contribution in [-0.2, 0) is 22.4 Å². The van der Waals surface area contributed by atoms with Crippen LogP contribution in [0, 0.1) is 5.82 Å². The van der Waals surface area contributed by atoms with Gasteiger partial charge >= 0.3 is 6.09 Å². The average molecular weight is 321 g/mol. The molecule has 1 heterocycles. The Bertz CT molecular complexity index is 619. The summed E-state index contributed by atoms with van der Waals surface area (Å²) in [6, 6.07) is 3.24. The third-order valence-corrected chi connectivity index (χ3v) is 3.57. The first-order chi connectivity index (χ1) is 10.7. The molecule has 0 saturated carbocycles. The second kappa shape index (κ2) is 6.60. The number of amides is 1. The number of benzene rings is 1. The Labute approximate surface area is 136 Å². The van der Waals surface area contributed by atoms with E-state index in [1.165, 1.54) is 6.07 Å². The van der Waals surface area contributed by atoms with Crippen molar-refractivity contribution < 1.29 is 18.7 Å². The van der Waals surface area contributed by atoms with Gasteiger partial charge < -0.3 is 14.4 Å². The molecule has 4 nitrogen and oxygen atoms in total. The van der Waals surface area contributed by atoms with Crippen molar-refractivity contribution in [3.8, 4) is 0 Å². The number of halogens is 1. The number of nitrogens with zero attached hydrogens (tertiary/aromatic N) is 1. The largest absolute Gasteiger partial charge is 0.494 e. The minimum absolute atomic E-state index is 0.308. The molecular formula is C18H24FNO3. The molecule has 1 aromatic carbocycles. The van der Waals surface area contributed by atoms with Gasteiger partial charge in [0, 0.05) is 13.1 Å². The molecule has 0 N–H and O–H groups in total. The molecule has 1 aliphatic rings. The molecule has 126 valence electrons. The lowest BCUT2D eigenvalue weighted by Crippen LogP contribution is -2.40. The van der Waals surface area contributed by atoms with Crippen LogP contribution in [0.5, 0.6) is 0 Å². The fourth-order valence-corrected chi connectivity index (χ4v) is 2.53. The van der Waals surface area contributed by atoms with Crippen molar-refractivity contribution in [2.24, 2.45) is 0 Å². The maximum absolute atomic E-state index is 14.2. The number of carbonyl (C=O) groups excluding carboxylic acids is 1. The highest BCUT2D eigenvalue weighted by Crippen LogP contribution is 2.27. The molecule has 0 fully saturated rings. The highest BCUT2D eigenvalue weighted by molar-refractivity contribution is 5.69. The molecule has 0 saturated heterocycles. The fourth-order valence-electron chi connectivity index (χ4n) is 2.53. The zero-order valence-corrected chi connectivity index (χ0v) is 14.2. The number of hydrogen-bond acceptors (Lipinski definition) is 3. The lowest BCUT2D eigenvalue weighted by atomic mass is 9.96.